The Kier molecular flexibility index (Phi) is 4.20. The van der Waals surface area contributed by atoms with Gasteiger partial charge in [-0.25, -0.2) is 0 Å². The molecular weight excluding hydrogens is 266 g/mol. The van der Waals surface area contributed by atoms with E-state index in [0.29, 0.717) is 42.7 Å². The number of ether oxygens (including phenoxy) is 2. The molecule has 0 spiro atoms. The van der Waals surface area contributed by atoms with E-state index in [4.69, 9.17) is 21.1 Å². The molecule has 0 bridgehead atoms. The van der Waals surface area contributed by atoms with Gasteiger partial charge in [0, 0.05) is 12.4 Å². The number of halogens is 1. The summed E-state index contributed by atoms with van der Waals surface area (Å²) in [7, 11) is 0. The van der Waals surface area contributed by atoms with E-state index in [-0.39, 0.29) is 11.3 Å². The molecule has 1 aliphatic heterocycles. The number of carbonyl (C=O) groups excluding carboxylic acids is 1. The van der Waals surface area contributed by atoms with Crippen LogP contribution in [0.1, 0.15) is 24.2 Å². The van der Waals surface area contributed by atoms with Gasteiger partial charge in [-0.15, -0.1) is 11.6 Å². The molecule has 4 nitrogen and oxygen atoms in total. The quantitative estimate of drug-likeness (QED) is 0.864. The van der Waals surface area contributed by atoms with E-state index in [1.54, 1.807) is 18.2 Å². The fraction of sp³-hybridized carbons (Fsp3) is 0.500. The van der Waals surface area contributed by atoms with Crippen LogP contribution in [0.2, 0.25) is 0 Å². The van der Waals surface area contributed by atoms with Crippen LogP contribution in [-0.4, -0.2) is 31.5 Å². The Balaban J connectivity index is 2.11. The maximum Gasteiger partial charge on any atom is 0.255 e. The summed E-state index contributed by atoms with van der Waals surface area (Å²) in [6.07, 6.45) is 0. The van der Waals surface area contributed by atoms with E-state index in [1.807, 2.05) is 13.8 Å². The lowest BCUT2D eigenvalue weighted by Crippen LogP contribution is -2.35. The van der Waals surface area contributed by atoms with Crippen molar-refractivity contribution in [2.75, 3.05) is 25.6 Å². The first-order chi connectivity index (χ1) is 9.03. The van der Waals surface area contributed by atoms with Gasteiger partial charge < -0.3 is 14.8 Å². The molecule has 5 heteroatoms. The van der Waals surface area contributed by atoms with Gasteiger partial charge in [-0.2, -0.15) is 0 Å². The lowest BCUT2D eigenvalue weighted by Gasteiger charge is -2.23. The highest BCUT2D eigenvalue weighted by Gasteiger charge is 2.22. The zero-order valence-corrected chi connectivity index (χ0v) is 11.9. The highest BCUT2D eigenvalue weighted by molar-refractivity contribution is 6.18. The monoisotopic (exact) mass is 283 g/mol. The molecule has 0 unspecified atom stereocenters. The third-order valence-corrected chi connectivity index (χ3v) is 3.62. The van der Waals surface area contributed by atoms with Gasteiger partial charge in [0.2, 0.25) is 0 Å². The Morgan fingerprint density at radius 1 is 1.37 bits per heavy atom. The average molecular weight is 284 g/mol. The molecule has 0 aliphatic carbocycles. The number of carbonyl (C=O) groups is 1. The van der Waals surface area contributed by atoms with E-state index in [0.717, 1.165) is 0 Å². The summed E-state index contributed by atoms with van der Waals surface area (Å²) in [5, 5.41) is 2.88. The van der Waals surface area contributed by atoms with Crippen molar-refractivity contribution in [1.82, 2.24) is 5.32 Å². The summed E-state index contributed by atoms with van der Waals surface area (Å²) in [5.74, 6) is 1.46. The zero-order chi connectivity index (χ0) is 13.9. The molecule has 1 amide bonds. The standard InChI is InChI=1S/C14H18ClNO3/c1-14(2,8-15)9-16-13(17)10-4-3-5-11-12(10)19-7-6-18-11/h3-5H,6-9H2,1-2H3,(H,16,17). The summed E-state index contributed by atoms with van der Waals surface area (Å²) in [6, 6.07) is 5.32. The van der Waals surface area contributed by atoms with Gasteiger partial charge in [-0.3, -0.25) is 4.79 Å². The molecule has 1 heterocycles. The molecule has 1 aromatic carbocycles. The number of fused-ring (bicyclic) bond motifs is 1. The second-order valence-corrected chi connectivity index (χ2v) is 5.58. The first-order valence-corrected chi connectivity index (χ1v) is 6.80. The van der Waals surface area contributed by atoms with Gasteiger partial charge in [-0.05, 0) is 17.5 Å². The van der Waals surface area contributed by atoms with Crippen molar-refractivity contribution in [1.29, 1.82) is 0 Å². The summed E-state index contributed by atoms with van der Waals surface area (Å²) in [5.41, 5.74) is 0.367. The number of amides is 1. The summed E-state index contributed by atoms with van der Waals surface area (Å²) < 4.78 is 11.0. The van der Waals surface area contributed by atoms with Gasteiger partial charge in [0.05, 0.1) is 5.56 Å². The molecule has 2 rings (SSSR count). The van der Waals surface area contributed by atoms with Crippen LogP contribution in [0, 0.1) is 5.41 Å². The second-order valence-electron chi connectivity index (χ2n) is 5.31. The first kappa shape index (κ1) is 14.0. The Morgan fingerprint density at radius 3 is 2.84 bits per heavy atom. The maximum atomic E-state index is 12.2. The summed E-state index contributed by atoms with van der Waals surface area (Å²) in [4.78, 5) is 12.2. The number of para-hydroxylation sites is 1. The molecule has 0 saturated heterocycles. The van der Waals surface area contributed by atoms with Crippen LogP contribution in [0.5, 0.6) is 11.5 Å². The minimum absolute atomic E-state index is 0.136. The molecule has 0 radical (unpaired) electrons. The van der Waals surface area contributed by atoms with Crippen molar-refractivity contribution in [3.05, 3.63) is 23.8 Å². The van der Waals surface area contributed by atoms with Crippen LogP contribution >= 0.6 is 11.6 Å². The predicted octanol–water partition coefficient (Wildman–Crippen LogP) is 2.45. The van der Waals surface area contributed by atoms with Crippen molar-refractivity contribution in [2.24, 2.45) is 5.41 Å². The SMILES string of the molecule is CC(C)(CCl)CNC(=O)c1cccc2c1OCCO2. The Hall–Kier alpha value is -1.42. The molecular formula is C14H18ClNO3. The maximum absolute atomic E-state index is 12.2. The first-order valence-electron chi connectivity index (χ1n) is 6.26. The molecule has 0 aromatic heterocycles. The van der Waals surface area contributed by atoms with Crippen LogP contribution in [0.4, 0.5) is 0 Å². The molecule has 0 saturated carbocycles. The van der Waals surface area contributed by atoms with Crippen molar-refractivity contribution >= 4 is 17.5 Å². The Bertz CT molecular complexity index is 474. The van der Waals surface area contributed by atoms with E-state index < -0.39 is 0 Å². The molecule has 0 atom stereocenters. The van der Waals surface area contributed by atoms with E-state index in [9.17, 15) is 4.79 Å². The van der Waals surface area contributed by atoms with Crippen molar-refractivity contribution < 1.29 is 14.3 Å². The van der Waals surface area contributed by atoms with E-state index in [1.165, 1.54) is 0 Å². The number of rotatable bonds is 4. The largest absolute Gasteiger partial charge is 0.486 e. The van der Waals surface area contributed by atoms with Gasteiger partial charge in [0.1, 0.15) is 13.2 Å². The summed E-state index contributed by atoms with van der Waals surface area (Å²) >= 11 is 5.84. The molecule has 19 heavy (non-hydrogen) atoms. The fourth-order valence-corrected chi connectivity index (χ4v) is 1.81. The van der Waals surface area contributed by atoms with Crippen LogP contribution < -0.4 is 14.8 Å². The number of hydrogen-bond donors (Lipinski definition) is 1. The van der Waals surface area contributed by atoms with Gasteiger partial charge in [-0.1, -0.05) is 19.9 Å². The number of alkyl halides is 1. The second kappa shape index (κ2) is 5.70. The highest BCUT2D eigenvalue weighted by Crippen LogP contribution is 2.33. The molecule has 0 fully saturated rings. The van der Waals surface area contributed by atoms with Crippen LogP contribution in [-0.2, 0) is 0 Å². The van der Waals surface area contributed by atoms with Crippen LogP contribution in [0.25, 0.3) is 0 Å². The molecule has 1 aliphatic rings. The topological polar surface area (TPSA) is 47.6 Å². The van der Waals surface area contributed by atoms with Gasteiger partial charge in [0.25, 0.3) is 5.91 Å². The lowest BCUT2D eigenvalue weighted by atomic mass is 9.96. The predicted molar refractivity (Wildman–Crippen MR) is 74.3 cm³/mol. The third kappa shape index (κ3) is 3.32. The van der Waals surface area contributed by atoms with Crippen molar-refractivity contribution in [3.63, 3.8) is 0 Å². The zero-order valence-electron chi connectivity index (χ0n) is 11.2. The molecule has 1 N–H and O–H groups in total. The van der Waals surface area contributed by atoms with E-state index in [2.05, 4.69) is 5.32 Å². The minimum Gasteiger partial charge on any atom is -0.486 e. The number of benzene rings is 1. The van der Waals surface area contributed by atoms with Crippen molar-refractivity contribution in [2.45, 2.75) is 13.8 Å². The van der Waals surface area contributed by atoms with Crippen molar-refractivity contribution in [3.8, 4) is 11.5 Å². The third-order valence-electron chi connectivity index (χ3n) is 2.90. The fourth-order valence-electron chi connectivity index (χ4n) is 1.71. The number of hydrogen-bond acceptors (Lipinski definition) is 3. The van der Waals surface area contributed by atoms with Gasteiger partial charge >= 0.3 is 0 Å². The highest BCUT2D eigenvalue weighted by atomic mass is 35.5. The van der Waals surface area contributed by atoms with Gasteiger partial charge in [0.15, 0.2) is 11.5 Å². The molecule has 1 aromatic rings. The normalized spacial score (nSPS) is 14.1. The molecule has 104 valence electrons. The minimum atomic E-state index is -0.166. The summed E-state index contributed by atoms with van der Waals surface area (Å²) in [6.45, 7) is 5.49. The lowest BCUT2D eigenvalue weighted by molar-refractivity contribution is 0.0929. The average Bonchev–Trinajstić information content (AvgIpc) is 2.44. The Labute approximate surface area is 118 Å². The number of nitrogens with one attached hydrogen (secondary N) is 1. The Morgan fingerprint density at radius 2 is 2.11 bits per heavy atom. The van der Waals surface area contributed by atoms with Crippen LogP contribution in [0.15, 0.2) is 18.2 Å². The van der Waals surface area contributed by atoms with E-state index >= 15 is 0 Å². The van der Waals surface area contributed by atoms with Crippen LogP contribution in [0.3, 0.4) is 0 Å². The smallest absolute Gasteiger partial charge is 0.255 e.